The number of nitrogens with one attached hydrogen (secondary N) is 1. The molecule has 0 saturated carbocycles. The van der Waals surface area contributed by atoms with Crippen LogP contribution in [0.25, 0.3) is 0 Å². The van der Waals surface area contributed by atoms with Crippen molar-refractivity contribution >= 4 is 0 Å². The lowest BCUT2D eigenvalue weighted by molar-refractivity contribution is 0.357. The van der Waals surface area contributed by atoms with Crippen molar-refractivity contribution in [2.75, 3.05) is 13.2 Å². The number of benzene rings is 1. The summed E-state index contributed by atoms with van der Waals surface area (Å²) in [5.74, 6) is 1.04. The Kier molecular flexibility index (Phi) is 3.79. The topological polar surface area (TPSA) is 45.0 Å². The predicted octanol–water partition coefficient (Wildman–Crippen LogP) is 2.01. The van der Waals surface area contributed by atoms with Gasteiger partial charge in [0.2, 0.25) is 0 Å². The van der Waals surface area contributed by atoms with Gasteiger partial charge in [-0.25, -0.2) is 0 Å². The molecule has 0 aromatic heterocycles. The molecule has 0 amide bonds. The first-order valence-electron chi connectivity index (χ1n) is 5.72. The van der Waals surface area contributed by atoms with Gasteiger partial charge in [0, 0.05) is 19.4 Å². The molecule has 0 fully saturated rings. The lowest BCUT2D eigenvalue weighted by Gasteiger charge is -2.05. The number of nitrogens with zero attached hydrogens (tertiary/aromatic N) is 1. The fourth-order valence-corrected chi connectivity index (χ4v) is 1.88. The van der Waals surface area contributed by atoms with Crippen LogP contribution in [0, 0.1) is 11.3 Å². The Bertz CT molecular complexity index is 395. The number of fused-ring (bicyclic) bond motifs is 1. The predicted molar refractivity (Wildman–Crippen MR) is 62.2 cm³/mol. The largest absolute Gasteiger partial charge is 0.493 e. The van der Waals surface area contributed by atoms with Gasteiger partial charge in [0.25, 0.3) is 0 Å². The Morgan fingerprint density at radius 2 is 2.38 bits per heavy atom. The summed E-state index contributed by atoms with van der Waals surface area (Å²) >= 11 is 0. The van der Waals surface area contributed by atoms with Gasteiger partial charge in [-0.3, -0.25) is 0 Å². The fraction of sp³-hybridized carbons (Fsp3) is 0.462. The van der Waals surface area contributed by atoms with Crippen LogP contribution in [0.5, 0.6) is 5.75 Å². The van der Waals surface area contributed by atoms with Gasteiger partial charge in [-0.1, -0.05) is 12.1 Å². The summed E-state index contributed by atoms with van der Waals surface area (Å²) in [6.45, 7) is 2.59. The van der Waals surface area contributed by atoms with Gasteiger partial charge in [0.15, 0.2) is 0 Å². The minimum absolute atomic E-state index is 0.630. The molecule has 3 nitrogen and oxygen atoms in total. The van der Waals surface area contributed by atoms with E-state index < -0.39 is 0 Å². The normalized spacial score (nSPS) is 12.9. The lowest BCUT2D eigenvalue weighted by atomic mass is 10.1. The van der Waals surface area contributed by atoms with Gasteiger partial charge in [0.1, 0.15) is 5.75 Å². The van der Waals surface area contributed by atoms with E-state index in [0.29, 0.717) is 6.42 Å². The number of hydrogen-bond donors (Lipinski definition) is 1. The highest BCUT2D eigenvalue weighted by atomic mass is 16.5. The van der Waals surface area contributed by atoms with Crippen LogP contribution < -0.4 is 10.1 Å². The Balaban J connectivity index is 1.80. The zero-order valence-corrected chi connectivity index (χ0v) is 9.33. The Morgan fingerprint density at radius 3 is 3.25 bits per heavy atom. The average Bonchev–Trinajstić information content (AvgIpc) is 2.76. The first-order chi connectivity index (χ1) is 7.90. The summed E-state index contributed by atoms with van der Waals surface area (Å²) in [5, 5.41) is 11.7. The number of rotatable bonds is 5. The molecular formula is C13H16N2O. The van der Waals surface area contributed by atoms with Crippen molar-refractivity contribution in [1.29, 1.82) is 5.26 Å². The molecule has 0 aliphatic carbocycles. The Morgan fingerprint density at radius 1 is 1.44 bits per heavy atom. The number of nitriles is 1. The molecule has 1 N–H and O–H groups in total. The van der Waals surface area contributed by atoms with Crippen LogP contribution in [0.4, 0.5) is 0 Å². The molecule has 0 unspecified atom stereocenters. The van der Waals surface area contributed by atoms with E-state index in [4.69, 9.17) is 10.00 Å². The van der Waals surface area contributed by atoms with Crippen molar-refractivity contribution in [1.82, 2.24) is 5.32 Å². The van der Waals surface area contributed by atoms with Crippen molar-refractivity contribution in [2.45, 2.75) is 25.8 Å². The van der Waals surface area contributed by atoms with Crippen molar-refractivity contribution < 1.29 is 4.74 Å². The Labute approximate surface area is 96.0 Å². The summed E-state index contributed by atoms with van der Waals surface area (Å²) in [4.78, 5) is 0. The molecule has 0 radical (unpaired) electrons. The summed E-state index contributed by atoms with van der Waals surface area (Å²) in [5.41, 5.74) is 2.61. The van der Waals surface area contributed by atoms with Gasteiger partial charge < -0.3 is 10.1 Å². The van der Waals surface area contributed by atoms with E-state index in [1.165, 1.54) is 11.1 Å². The third kappa shape index (κ3) is 2.74. The summed E-state index contributed by atoms with van der Waals surface area (Å²) in [7, 11) is 0. The van der Waals surface area contributed by atoms with E-state index in [2.05, 4.69) is 29.6 Å². The van der Waals surface area contributed by atoms with Crippen molar-refractivity contribution in [3.05, 3.63) is 29.3 Å². The minimum Gasteiger partial charge on any atom is -0.493 e. The van der Waals surface area contributed by atoms with E-state index in [1.807, 2.05) is 0 Å². The lowest BCUT2D eigenvalue weighted by Crippen LogP contribution is -2.14. The zero-order valence-electron chi connectivity index (χ0n) is 9.33. The fourth-order valence-electron chi connectivity index (χ4n) is 1.88. The molecule has 1 aliphatic heterocycles. The first-order valence-corrected chi connectivity index (χ1v) is 5.72. The van der Waals surface area contributed by atoms with Crippen LogP contribution >= 0.6 is 0 Å². The van der Waals surface area contributed by atoms with E-state index >= 15 is 0 Å². The summed E-state index contributed by atoms with van der Waals surface area (Å²) in [6, 6.07) is 8.50. The minimum atomic E-state index is 0.630. The molecule has 1 aromatic rings. The second kappa shape index (κ2) is 5.53. The standard InChI is InChI=1S/C13H16N2O/c14-6-1-2-7-15-10-11-3-4-13-12(9-11)5-8-16-13/h3-4,9,15H,1-2,5,7-8,10H2. The summed E-state index contributed by atoms with van der Waals surface area (Å²) in [6.07, 6.45) is 2.58. The molecule has 1 heterocycles. The molecule has 16 heavy (non-hydrogen) atoms. The third-order valence-electron chi connectivity index (χ3n) is 2.73. The molecule has 2 rings (SSSR count). The van der Waals surface area contributed by atoms with E-state index in [1.54, 1.807) is 0 Å². The summed E-state index contributed by atoms with van der Waals surface area (Å²) < 4.78 is 5.45. The Hall–Kier alpha value is -1.53. The molecule has 3 heteroatoms. The first kappa shape index (κ1) is 11.0. The second-order valence-corrected chi connectivity index (χ2v) is 3.98. The van der Waals surface area contributed by atoms with Crippen LogP contribution in [0.1, 0.15) is 24.0 Å². The number of ether oxygens (including phenoxy) is 1. The molecule has 0 bridgehead atoms. The van der Waals surface area contributed by atoms with Crippen LogP contribution in [0.3, 0.4) is 0 Å². The maximum Gasteiger partial charge on any atom is 0.122 e. The smallest absolute Gasteiger partial charge is 0.122 e. The molecule has 0 saturated heterocycles. The molecule has 84 valence electrons. The van der Waals surface area contributed by atoms with Gasteiger partial charge in [0.05, 0.1) is 12.7 Å². The molecular weight excluding hydrogens is 200 g/mol. The van der Waals surface area contributed by atoms with Gasteiger partial charge in [-0.2, -0.15) is 5.26 Å². The van der Waals surface area contributed by atoms with E-state index in [0.717, 1.165) is 38.3 Å². The van der Waals surface area contributed by atoms with Crippen LogP contribution in [0.2, 0.25) is 0 Å². The van der Waals surface area contributed by atoms with Crippen LogP contribution in [0.15, 0.2) is 18.2 Å². The molecule has 1 aliphatic rings. The van der Waals surface area contributed by atoms with Gasteiger partial charge >= 0.3 is 0 Å². The van der Waals surface area contributed by atoms with Gasteiger partial charge in [-0.15, -0.1) is 0 Å². The molecule has 1 aromatic carbocycles. The highest BCUT2D eigenvalue weighted by Gasteiger charge is 2.11. The van der Waals surface area contributed by atoms with E-state index in [9.17, 15) is 0 Å². The van der Waals surface area contributed by atoms with Gasteiger partial charge in [-0.05, 0) is 30.2 Å². The molecule has 0 atom stereocenters. The average molecular weight is 216 g/mol. The van der Waals surface area contributed by atoms with E-state index in [-0.39, 0.29) is 0 Å². The van der Waals surface area contributed by atoms with Crippen molar-refractivity contribution in [3.8, 4) is 11.8 Å². The molecule has 0 spiro atoms. The van der Waals surface area contributed by atoms with Crippen LogP contribution in [-0.2, 0) is 13.0 Å². The SMILES string of the molecule is N#CCCCNCc1ccc2c(c1)CCO2. The number of unbranched alkanes of at least 4 members (excludes halogenated alkanes) is 1. The maximum atomic E-state index is 8.40. The zero-order chi connectivity index (χ0) is 11.2. The third-order valence-corrected chi connectivity index (χ3v) is 2.73. The van der Waals surface area contributed by atoms with Crippen molar-refractivity contribution in [3.63, 3.8) is 0 Å². The van der Waals surface area contributed by atoms with Crippen molar-refractivity contribution in [2.24, 2.45) is 0 Å². The van der Waals surface area contributed by atoms with Crippen LogP contribution in [-0.4, -0.2) is 13.2 Å². The maximum absolute atomic E-state index is 8.40. The monoisotopic (exact) mass is 216 g/mol. The highest BCUT2D eigenvalue weighted by molar-refractivity contribution is 5.39. The highest BCUT2D eigenvalue weighted by Crippen LogP contribution is 2.25. The quantitative estimate of drug-likeness (QED) is 0.766. The number of hydrogen-bond acceptors (Lipinski definition) is 3. The second-order valence-electron chi connectivity index (χ2n) is 3.98.